The fourth-order valence-corrected chi connectivity index (χ4v) is 3.17. The second-order valence-electron chi connectivity index (χ2n) is 7.01. The molecule has 0 radical (unpaired) electrons. The first-order valence-electron chi connectivity index (χ1n) is 10.6. The molecule has 0 fully saturated rings. The van der Waals surface area contributed by atoms with Crippen LogP contribution in [0.4, 0.5) is 22.4 Å². The highest BCUT2D eigenvalue weighted by atomic mass is 35.5. The number of esters is 1. The Kier molecular flexibility index (Phi) is 7.56. The molecule has 0 unspecified atom stereocenters. The van der Waals surface area contributed by atoms with Crippen molar-refractivity contribution < 1.29 is 23.5 Å². The van der Waals surface area contributed by atoms with E-state index in [9.17, 15) is 14.4 Å². The van der Waals surface area contributed by atoms with Gasteiger partial charge in [0, 0.05) is 0 Å². The molecule has 0 bridgehead atoms. The summed E-state index contributed by atoms with van der Waals surface area (Å²) in [5, 5.41) is 8.54. The van der Waals surface area contributed by atoms with Crippen molar-refractivity contribution in [3.8, 4) is 11.8 Å². The molecule has 0 atom stereocenters. The predicted octanol–water partition coefficient (Wildman–Crippen LogP) is 4.04. The maximum absolute atomic E-state index is 12.5. The van der Waals surface area contributed by atoms with E-state index in [4.69, 9.17) is 25.5 Å². The zero-order valence-corrected chi connectivity index (χ0v) is 19.5. The van der Waals surface area contributed by atoms with Crippen molar-refractivity contribution in [1.29, 1.82) is 0 Å². The fraction of sp³-hybridized carbons (Fsp3) is 0.130. The summed E-state index contributed by atoms with van der Waals surface area (Å²) < 4.78 is 15.8. The number of halogens is 1. The zero-order chi connectivity index (χ0) is 25.5. The first kappa shape index (κ1) is 24.4. The molecule has 0 saturated heterocycles. The summed E-state index contributed by atoms with van der Waals surface area (Å²) in [4.78, 5) is 48.5. The molecule has 0 aliphatic heterocycles. The Labute approximate surface area is 208 Å². The lowest BCUT2D eigenvalue weighted by atomic mass is 10.2. The van der Waals surface area contributed by atoms with E-state index < -0.39 is 17.6 Å². The molecule has 0 saturated carbocycles. The number of urea groups is 1. The third-order valence-corrected chi connectivity index (χ3v) is 4.80. The van der Waals surface area contributed by atoms with Gasteiger partial charge < -0.3 is 24.5 Å². The molecule has 2 aromatic heterocycles. The van der Waals surface area contributed by atoms with Crippen molar-refractivity contribution >= 4 is 52.2 Å². The van der Waals surface area contributed by atoms with Gasteiger partial charge >= 0.3 is 23.6 Å². The number of benzene rings is 2. The normalized spacial score (nSPS) is 10.5. The van der Waals surface area contributed by atoms with Gasteiger partial charge in [-0.3, -0.25) is 10.1 Å². The highest BCUT2D eigenvalue weighted by molar-refractivity contribution is 6.33. The maximum atomic E-state index is 12.5. The number of nitrogens with one attached hydrogen (secondary N) is 3. The maximum Gasteiger partial charge on any atom is 0.339 e. The Bertz CT molecular complexity index is 1480. The van der Waals surface area contributed by atoms with E-state index in [1.165, 1.54) is 0 Å². The van der Waals surface area contributed by atoms with Crippen LogP contribution >= 0.6 is 11.6 Å². The minimum Gasteiger partial charge on any atom is -0.465 e. The first-order chi connectivity index (χ1) is 17.4. The SMILES string of the molecule is CCOC(=O)CNc1nc(NC(=O)Nc2ccccc2Cl)nc(Oc2cc(=O)oc3ccccc23)n1. The summed E-state index contributed by atoms with van der Waals surface area (Å²) in [6.07, 6.45) is 0. The third-order valence-electron chi connectivity index (χ3n) is 4.47. The van der Waals surface area contributed by atoms with E-state index in [1.807, 2.05) is 0 Å². The van der Waals surface area contributed by atoms with Gasteiger partial charge in [0.1, 0.15) is 17.9 Å². The van der Waals surface area contributed by atoms with E-state index >= 15 is 0 Å². The van der Waals surface area contributed by atoms with Gasteiger partial charge in [0.2, 0.25) is 11.9 Å². The summed E-state index contributed by atoms with van der Waals surface area (Å²) >= 11 is 6.08. The largest absolute Gasteiger partial charge is 0.465 e. The summed E-state index contributed by atoms with van der Waals surface area (Å²) in [6.45, 7) is 1.62. The van der Waals surface area contributed by atoms with Crippen molar-refractivity contribution in [2.24, 2.45) is 0 Å². The summed E-state index contributed by atoms with van der Waals surface area (Å²) in [5.74, 6) is -0.717. The average molecular weight is 511 g/mol. The van der Waals surface area contributed by atoms with E-state index in [0.29, 0.717) is 21.7 Å². The number of carbonyl (C=O) groups is 2. The molecule has 2 heterocycles. The van der Waals surface area contributed by atoms with Gasteiger partial charge in [0.15, 0.2) is 0 Å². The molecule has 36 heavy (non-hydrogen) atoms. The molecular weight excluding hydrogens is 492 g/mol. The van der Waals surface area contributed by atoms with Gasteiger partial charge in [-0.15, -0.1) is 0 Å². The number of rotatable bonds is 8. The lowest BCUT2D eigenvalue weighted by Crippen LogP contribution is -2.23. The van der Waals surface area contributed by atoms with Crippen molar-refractivity contribution in [2.45, 2.75) is 6.92 Å². The summed E-state index contributed by atoms with van der Waals surface area (Å²) in [6, 6.07) is 13.6. The molecule has 0 spiro atoms. The van der Waals surface area contributed by atoms with Crippen LogP contribution in [0.1, 0.15) is 6.92 Å². The first-order valence-corrected chi connectivity index (χ1v) is 11.0. The Morgan fingerprint density at radius 1 is 1.00 bits per heavy atom. The molecule has 0 aliphatic carbocycles. The van der Waals surface area contributed by atoms with Gasteiger partial charge in [0.05, 0.1) is 28.8 Å². The minimum absolute atomic E-state index is 0.0895. The number of aromatic nitrogens is 3. The average Bonchev–Trinajstić information content (AvgIpc) is 2.84. The number of carbonyl (C=O) groups excluding carboxylic acids is 2. The van der Waals surface area contributed by atoms with E-state index in [-0.39, 0.29) is 36.8 Å². The zero-order valence-electron chi connectivity index (χ0n) is 18.8. The molecule has 3 N–H and O–H groups in total. The van der Waals surface area contributed by atoms with Crippen molar-refractivity contribution in [1.82, 2.24) is 15.0 Å². The predicted molar refractivity (Wildman–Crippen MR) is 132 cm³/mol. The van der Waals surface area contributed by atoms with Crippen molar-refractivity contribution in [3.63, 3.8) is 0 Å². The van der Waals surface area contributed by atoms with Crippen LogP contribution in [-0.2, 0) is 9.53 Å². The second-order valence-corrected chi connectivity index (χ2v) is 7.42. The van der Waals surface area contributed by atoms with Crippen LogP contribution in [0, 0.1) is 0 Å². The number of nitrogens with zero attached hydrogens (tertiary/aromatic N) is 3. The molecule has 0 aliphatic rings. The topological polar surface area (TPSA) is 158 Å². The molecule has 184 valence electrons. The summed E-state index contributed by atoms with van der Waals surface area (Å²) in [5.41, 5.74) is 0.0217. The van der Waals surface area contributed by atoms with Gasteiger partial charge in [-0.25, -0.2) is 9.59 Å². The number of fused-ring (bicyclic) bond motifs is 1. The van der Waals surface area contributed by atoms with Crippen LogP contribution in [0.3, 0.4) is 0 Å². The number of hydrogen-bond donors (Lipinski definition) is 3. The smallest absolute Gasteiger partial charge is 0.339 e. The van der Waals surface area contributed by atoms with Crippen LogP contribution in [0.25, 0.3) is 11.0 Å². The summed E-state index contributed by atoms with van der Waals surface area (Å²) in [7, 11) is 0. The Morgan fingerprint density at radius 2 is 1.75 bits per heavy atom. The molecule has 4 aromatic rings. The number of anilines is 3. The minimum atomic E-state index is -0.692. The lowest BCUT2D eigenvalue weighted by molar-refractivity contribution is -0.140. The van der Waals surface area contributed by atoms with Crippen LogP contribution in [0.5, 0.6) is 11.8 Å². The monoisotopic (exact) mass is 510 g/mol. The molecular formula is C23H19ClN6O6. The highest BCUT2D eigenvalue weighted by Crippen LogP contribution is 2.27. The molecule has 4 rings (SSSR count). The molecule has 2 amide bonds. The number of hydrogen-bond acceptors (Lipinski definition) is 10. The number of para-hydroxylation sites is 2. The number of ether oxygens (including phenoxy) is 2. The van der Waals surface area contributed by atoms with Crippen LogP contribution < -0.4 is 26.3 Å². The van der Waals surface area contributed by atoms with Crippen LogP contribution in [0.2, 0.25) is 5.02 Å². The fourth-order valence-electron chi connectivity index (χ4n) is 2.98. The standard InChI is InChI=1S/C23H19ClN6O6/c1-2-34-19(32)12-25-20-27-21(28-22(33)26-15-9-5-4-8-14(15)24)30-23(29-20)36-17-11-18(31)35-16-10-6-3-7-13(16)17/h3-11H,2,12H2,1H3,(H3,25,26,27,28,29,30,33). The van der Waals surface area contributed by atoms with E-state index in [0.717, 1.165) is 6.07 Å². The Hall–Kier alpha value is -4.71. The Morgan fingerprint density at radius 3 is 2.56 bits per heavy atom. The Balaban J connectivity index is 1.62. The van der Waals surface area contributed by atoms with E-state index in [2.05, 4.69) is 30.9 Å². The lowest BCUT2D eigenvalue weighted by Gasteiger charge is -2.11. The van der Waals surface area contributed by atoms with Gasteiger partial charge in [-0.2, -0.15) is 15.0 Å². The number of amides is 2. The van der Waals surface area contributed by atoms with Gasteiger partial charge in [-0.05, 0) is 31.2 Å². The van der Waals surface area contributed by atoms with Gasteiger partial charge in [-0.1, -0.05) is 35.9 Å². The highest BCUT2D eigenvalue weighted by Gasteiger charge is 2.15. The van der Waals surface area contributed by atoms with Crippen molar-refractivity contribution in [3.05, 3.63) is 70.0 Å². The second kappa shape index (κ2) is 11.1. The van der Waals surface area contributed by atoms with Gasteiger partial charge in [0.25, 0.3) is 0 Å². The van der Waals surface area contributed by atoms with Crippen LogP contribution in [-0.4, -0.2) is 40.1 Å². The third kappa shape index (κ3) is 6.24. The molecule has 12 nitrogen and oxygen atoms in total. The van der Waals surface area contributed by atoms with E-state index in [1.54, 1.807) is 55.5 Å². The van der Waals surface area contributed by atoms with Crippen molar-refractivity contribution in [2.75, 3.05) is 29.1 Å². The quantitative estimate of drug-likeness (QED) is 0.233. The molecule has 2 aromatic carbocycles. The van der Waals surface area contributed by atoms with Crippen LogP contribution in [0.15, 0.2) is 63.8 Å². The molecule has 13 heteroatoms.